The molecular weight excluding hydrogens is 200 g/mol. The van der Waals surface area contributed by atoms with Crippen molar-refractivity contribution in [3.63, 3.8) is 0 Å². The van der Waals surface area contributed by atoms with Crippen LogP contribution < -0.4 is 0 Å². The molecule has 0 heterocycles. The van der Waals surface area contributed by atoms with Crippen molar-refractivity contribution in [2.45, 2.75) is 26.2 Å². The molecule has 0 saturated heterocycles. The van der Waals surface area contributed by atoms with E-state index in [1.54, 1.807) is 6.07 Å². The second kappa shape index (κ2) is 5.01. The van der Waals surface area contributed by atoms with Crippen molar-refractivity contribution >= 4 is 17.9 Å². The van der Waals surface area contributed by atoms with Gasteiger partial charge in [0.05, 0.1) is 5.56 Å². The third-order valence-corrected chi connectivity index (χ3v) is 2.33. The summed E-state index contributed by atoms with van der Waals surface area (Å²) < 4.78 is 0. The van der Waals surface area contributed by atoms with Gasteiger partial charge in [0.15, 0.2) is 6.29 Å². The van der Waals surface area contributed by atoms with Gasteiger partial charge in [0, 0.05) is 5.02 Å². The lowest BCUT2D eigenvalue weighted by Crippen LogP contribution is -1.90. The number of aromatic hydroxyl groups is 1. The quantitative estimate of drug-likeness (QED) is 0.779. The van der Waals surface area contributed by atoms with Crippen LogP contribution in [0.4, 0.5) is 0 Å². The molecule has 0 saturated carbocycles. The smallest absolute Gasteiger partial charge is 0.153 e. The van der Waals surface area contributed by atoms with E-state index in [0.717, 1.165) is 24.8 Å². The number of carbonyl (C=O) groups is 1. The average molecular weight is 213 g/mol. The van der Waals surface area contributed by atoms with E-state index >= 15 is 0 Å². The molecule has 1 aromatic carbocycles. The van der Waals surface area contributed by atoms with Crippen molar-refractivity contribution < 1.29 is 9.90 Å². The Morgan fingerprint density at radius 3 is 2.79 bits per heavy atom. The summed E-state index contributed by atoms with van der Waals surface area (Å²) in [5.74, 6) is 0.0675. The summed E-state index contributed by atoms with van der Waals surface area (Å²) in [5.41, 5.74) is 1.02. The monoisotopic (exact) mass is 212 g/mol. The van der Waals surface area contributed by atoms with Crippen molar-refractivity contribution in [2.75, 3.05) is 0 Å². The number of unbranched alkanes of at least 4 members (excludes halogenated alkanes) is 1. The largest absolute Gasteiger partial charge is 0.507 e. The standard InChI is InChI=1S/C11H13ClO2/c1-2-3-4-8-5-10(12)6-9(7-13)11(8)14/h5-7,14H,2-4H2,1H3. The maximum atomic E-state index is 10.6. The van der Waals surface area contributed by atoms with Crippen molar-refractivity contribution in [2.24, 2.45) is 0 Å². The van der Waals surface area contributed by atoms with E-state index in [-0.39, 0.29) is 11.3 Å². The molecule has 0 fully saturated rings. The first-order chi connectivity index (χ1) is 6.69. The molecule has 0 aromatic heterocycles. The van der Waals surface area contributed by atoms with Crippen LogP contribution in [0.1, 0.15) is 35.7 Å². The molecule has 0 amide bonds. The molecule has 1 N–H and O–H groups in total. The lowest BCUT2D eigenvalue weighted by atomic mass is 10.0. The SMILES string of the molecule is CCCCc1cc(Cl)cc(C=O)c1O. The van der Waals surface area contributed by atoms with E-state index in [4.69, 9.17) is 11.6 Å². The van der Waals surface area contributed by atoms with Crippen LogP contribution in [0.2, 0.25) is 5.02 Å². The summed E-state index contributed by atoms with van der Waals surface area (Å²) in [6.45, 7) is 2.07. The molecular formula is C11H13ClO2. The lowest BCUT2D eigenvalue weighted by molar-refractivity contribution is 0.112. The van der Waals surface area contributed by atoms with Crippen LogP contribution in [0.25, 0.3) is 0 Å². The van der Waals surface area contributed by atoms with Gasteiger partial charge in [0.2, 0.25) is 0 Å². The van der Waals surface area contributed by atoms with Crippen molar-refractivity contribution in [1.29, 1.82) is 0 Å². The number of halogens is 1. The highest BCUT2D eigenvalue weighted by Crippen LogP contribution is 2.27. The zero-order chi connectivity index (χ0) is 10.6. The molecule has 3 heteroatoms. The fourth-order valence-electron chi connectivity index (χ4n) is 1.33. The maximum absolute atomic E-state index is 10.6. The summed E-state index contributed by atoms with van der Waals surface area (Å²) in [5, 5.41) is 10.1. The van der Waals surface area contributed by atoms with Gasteiger partial charge in [-0.25, -0.2) is 0 Å². The number of benzene rings is 1. The van der Waals surface area contributed by atoms with Crippen LogP contribution in [0.3, 0.4) is 0 Å². The van der Waals surface area contributed by atoms with Crippen LogP contribution >= 0.6 is 11.6 Å². The van der Waals surface area contributed by atoms with Gasteiger partial charge in [0.25, 0.3) is 0 Å². The highest BCUT2D eigenvalue weighted by Gasteiger charge is 2.07. The maximum Gasteiger partial charge on any atom is 0.153 e. The van der Waals surface area contributed by atoms with E-state index in [2.05, 4.69) is 6.92 Å². The molecule has 1 aromatic rings. The lowest BCUT2D eigenvalue weighted by Gasteiger charge is -2.06. The molecule has 0 aliphatic carbocycles. The topological polar surface area (TPSA) is 37.3 Å². The molecule has 14 heavy (non-hydrogen) atoms. The molecule has 0 radical (unpaired) electrons. The van der Waals surface area contributed by atoms with Gasteiger partial charge < -0.3 is 5.11 Å². The number of aldehydes is 1. The third-order valence-electron chi connectivity index (χ3n) is 2.11. The van der Waals surface area contributed by atoms with Crippen LogP contribution in [-0.2, 0) is 6.42 Å². The molecule has 0 bridgehead atoms. The Hall–Kier alpha value is -1.02. The van der Waals surface area contributed by atoms with E-state index in [1.165, 1.54) is 6.07 Å². The molecule has 0 aliphatic rings. The molecule has 1 rings (SSSR count). The summed E-state index contributed by atoms with van der Waals surface area (Å²) in [4.78, 5) is 10.6. The van der Waals surface area contributed by atoms with Crippen LogP contribution in [0, 0.1) is 0 Å². The zero-order valence-electron chi connectivity index (χ0n) is 8.09. The first kappa shape index (κ1) is 11.1. The van der Waals surface area contributed by atoms with E-state index in [9.17, 15) is 9.90 Å². The Balaban J connectivity index is 3.02. The fourth-order valence-corrected chi connectivity index (χ4v) is 1.58. The number of hydrogen-bond donors (Lipinski definition) is 1. The first-order valence-corrected chi connectivity index (χ1v) is 5.03. The summed E-state index contributed by atoms with van der Waals surface area (Å²) in [6.07, 6.45) is 3.40. The fraction of sp³-hybridized carbons (Fsp3) is 0.364. The van der Waals surface area contributed by atoms with Gasteiger partial charge in [0.1, 0.15) is 5.75 Å². The second-order valence-corrected chi connectivity index (χ2v) is 3.66. The molecule has 0 unspecified atom stereocenters. The van der Waals surface area contributed by atoms with E-state index < -0.39 is 0 Å². The van der Waals surface area contributed by atoms with Crippen molar-refractivity contribution in [3.05, 3.63) is 28.3 Å². The number of phenolic OH excluding ortho intramolecular Hbond substituents is 1. The summed E-state index contributed by atoms with van der Waals surface area (Å²) in [6, 6.07) is 3.18. The molecule has 76 valence electrons. The minimum atomic E-state index is 0.0675. The van der Waals surface area contributed by atoms with Crippen LogP contribution in [-0.4, -0.2) is 11.4 Å². The Morgan fingerprint density at radius 1 is 1.50 bits per heavy atom. The predicted octanol–water partition coefficient (Wildman–Crippen LogP) is 3.20. The van der Waals surface area contributed by atoms with Gasteiger partial charge in [-0.3, -0.25) is 4.79 Å². The molecule has 0 atom stereocenters. The summed E-state index contributed by atoms with van der Waals surface area (Å²) in [7, 11) is 0. The highest BCUT2D eigenvalue weighted by atomic mass is 35.5. The Labute approximate surface area is 88.5 Å². The Bertz CT molecular complexity index is 334. The average Bonchev–Trinajstić information content (AvgIpc) is 2.18. The molecule has 0 spiro atoms. The van der Waals surface area contributed by atoms with Crippen LogP contribution in [0.5, 0.6) is 5.75 Å². The number of hydrogen-bond acceptors (Lipinski definition) is 2. The second-order valence-electron chi connectivity index (χ2n) is 3.22. The minimum absolute atomic E-state index is 0.0675. The van der Waals surface area contributed by atoms with Crippen LogP contribution in [0.15, 0.2) is 12.1 Å². The Morgan fingerprint density at radius 2 is 2.21 bits per heavy atom. The summed E-state index contributed by atoms with van der Waals surface area (Å²) >= 11 is 5.81. The van der Waals surface area contributed by atoms with E-state index in [0.29, 0.717) is 11.3 Å². The normalized spacial score (nSPS) is 10.1. The number of aryl methyl sites for hydroxylation is 1. The van der Waals surface area contributed by atoms with Gasteiger partial charge in [-0.15, -0.1) is 0 Å². The first-order valence-electron chi connectivity index (χ1n) is 4.65. The number of rotatable bonds is 4. The zero-order valence-corrected chi connectivity index (χ0v) is 8.84. The number of phenols is 1. The van der Waals surface area contributed by atoms with Crippen molar-refractivity contribution in [3.8, 4) is 5.75 Å². The van der Waals surface area contributed by atoms with Gasteiger partial charge >= 0.3 is 0 Å². The molecule has 2 nitrogen and oxygen atoms in total. The minimum Gasteiger partial charge on any atom is -0.507 e. The predicted molar refractivity (Wildman–Crippen MR) is 57.1 cm³/mol. The van der Waals surface area contributed by atoms with E-state index in [1.807, 2.05) is 0 Å². The Kier molecular flexibility index (Phi) is 3.96. The van der Waals surface area contributed by atoms with Gasteiger partial charge in [-0.1, -0.05) is 24.9 Å². The van der Waals surface area contributed by atoms with Gasteiger partial charge in [-0.05, 0) is 30.5 Å². The van der Waals surface area contributed by atoms with Gasteiger partial charge in [-0.2, -0.15) is 0 Å². The highest BCUT2D eigenvalue weighted by molar-refractivity contribution is 6.31. The molecule has 0 aliphatic heterocycles. The number of carbonyl (C=O) groups excluding carboxylic acids is 1. The third kappa shape index (κ3) is 2.48. The van der Waals surface area contributed by atoms with Crippen molar-refractivity contribution in [1.82, 2.24) is 0 Å².